The number of nitrogens with zero attached hydrogens (tertiary/aromatic N) is 4. The maximum absolute atomic E-state index is 13.1. The van der Waals surface area contributed by atoms with Crippen LogP contribution in [-0.4, -0.2) is 53.5 Å². The fourth-order valence-electron chi connectivity index (χ4n) is 6.47. The molecule has 0 N–H and O–H groups in total. The monoisotopic (exact) mass is 742 g/mol. The number of amides is 1. The number of aryl methyl sites for hydroxylation is 4. The average Bonchev–Trinajstić information content (AvgIpc) is 3.16. The maximum Gasteiger partial charge on any atom is 0.246 e. The van der Waals surface area contributed by atoms with E-state index in [4.69, 9.17) is 19.5 Å². The number of hydrogen-bond donors (Lipinski definition) is 0. The lowest BCUT2D eigenvalue weighted by atomic mass is 10.1. The van der Waals surface area contributed by atoms with E-state index >= 15 is 0 Å². The third-order valence-electron chi connectivity index (χ3n) is 9.27. The van der Waals surface area contributed by atoms with Gasteiger partial charge in [-0.05, 0) is 121 Å². The summed E-state index contributed by atoms with van der Waals surface area (Å²) in [5, 5.41) is 8.97. The molecule has 1 saturated heterocycles. The predicted molar refractivity (Wildman–Crippen MR) is 215 cm³/mol. The lowest BCUT2D eigenvalue weighted by Crippen LogP contribution is -2.47. The summed E-state index contributed by atoms with van der Waals surface area (Å²) >= 11 is 0. The van der Waals surface area contributed by atoms with Gasteiger partial charge in [-0.1, -0.05) is 42.5 Å². The van der Waals surface area contributed by atoms with E-state index in [-0.39, 0.29) is 18.3 Å². The van der Waals surface area contributed by atoms with Crippen molar-refractivity contribution >= 4 is 24.4 Å². The number of hydrogen-bond acceptors (Lipinski definition) is 7. The van der Waals surface area contributed by atoms with Crippen LogP contribution in [0.2, 0.25) is 0 Å². The number of carbonyl (C=O) groups excluding carboxylic acids is 1. The molecule has 5 aromatic rings. The molecule has 0 unspecified atom stereocenters. The van der Waals surface area contributed by atoms with Gasteiger partial charge in [0.1, 0.15) is 23.9 Å². The smallest absolute Gasteiger partial charge is 0.246 e. The normalized spacial score (nSPS) is 12.9. The van der Waals surface area contributed by atoms with Crippen molar-refractivity contribution in [1.82, 2.24) is 14.8 Å². The van der Waals surface area contributed by atoms with Crippen molar-refractivity contribution in [3.8, 4) is 29.2 Å². The minimum Gasteiger partial charge on any atom is -0.493 e. The van der Waals surface area contributed by atoms with Gasteiger partial charge in [0.05, 0.1) is 24.4 Å². The Morgan fingerprint density at radius 3 is 2.06 bits per heavy atom. The highest BCUT2D eigenvalue weighted by Gasteiger charge is 2.20. The van der Waals surface area contributed by atoms with Gasteiger partial charge in [-0.15, -0.1) is 12.4 Å². The van der Waals surface area contributed by atoms with Crippen molar-refractivity contribution in [2.75, 3.05) is 32.8 Å². The molecule has 0 spiro atoms. The minimum atomic E-state index is 0. The highest BCUT2D eigenvalue weighted by Crippen LogP contribution is 2.30. The summed E-state index contributed by atoms with van der Waals surface area (Å²) in [6, 6.07) is 32.2. The number of rotatable bonds is 13. The molecule has 0 aliphatic carbocycles. The van der Waals surface area contributed by atoms with E-state index in [9.17, 15) is 4.79 Å². The molecule has 0 atom stereocenters. The molecule has 1 aliphatic heterocycles. The molecule has 8 nitrogen and oxygen atoms in total. The molecule has 54 heavy (non-hydrogen) atoms. The molecule has 6 rings (SSSR count). The van der Waals surface area contributed by atoms with Crippen molar-refractivity contribution in [3.63, 3.8) is 0 Å². The third-order valence-corrected chi connectivity index (χ3v) is 9.27. The zero-order valence-corrected chi connectivity index (χ0v) is 32.2. The molecule has 2 heterocycles. The van der Waals surface area contributed by atoms with Gasteiger partial charge in [-0.2, -0.15) is 5.26 Å². The number of piperazine rings is 1. The van der Waals surface area contributed by atoms with Crippen LogP contribution in [-0.2, 0) is 24.4 Å². The van der Waals surface area contributed by atoms with E-state index in [1.165, 1.54) is 22.3 Å². The fourth-order valence-corrected chi connectivity index (χ4v) is 6.47. The van der Waals surface area contributed by atoms with E-state index in [1.54, 1.807) is 30.5 Å². The average molecular weight is 743 g/mol. The number of pyridine rings is 1. The van der Waals surface area contributed by atoms with E-state index < -0.39 is 0 Å². The van der Waals surface area contributed by atoms with Crippen LogP contribution in [0.1, 0.15) is 50.1 Å². The molecular weight excluding hydrogens is 696 g/mol. The van der Waals surface area contributed by atoms with E-state index in [0.717, 1.165) is 59.8 Å². The standard InChI is InChI=1S/C45H46N4O4.ClH/c1-32-23-33(2)25-42(24-32)51-22-17-36-5-9-38(10-6-36)30-48-18-20-49(21-19-48)44(50)16-13-40-26-34(3)45(35(4)27-40)53-43-15-14-41(29-47-43)52-31-39-11-7-37(28-46)8-12-39;/h5-16,23-27,29H,17-22,30-31H2,1-4H3;1H/b16-13+;. The van der Waals surface area contributed by atoms with Crippen LogP contribution in [0.25, 0.3) is 6.08 Å². The van der Waals surface area contributed by atoms with Crippen LogP contribution in [0.5, 0.6) is 23.1 Å². The first-order chi connectivity index (χ1) is 25.7. The lowest BCUT2D eigenvalue weighted by molar-refractivity contribution is -0.127. The SMILES string of the molecule is Cc1cc(C)cc(OCCc2ccc(CN3CCN(C(=O)/C=C/c4cc(C)c(Oc5ccc(OCc6ccc(C#N)cc6)cn5)c(C)c4)CC3)cc2)c1.Cl. The van der Waals surface area contributed by atoms with Gasteiger partial charge >= 0.3 is 0 Å². The third kappa shape index (κ3) is 11.2. The number of nitriles is 1. The van der Waals surface area contributed by atoms with Gasteiger partial charge in [0.25, 0.3) is 0 Å². The number of ether oxygens (including phenoxy) is 3. The second kappa shape index (κ2) is 18.9. The van der Waals surface area contributed by atoms with E-state index in [2.05, 4.69) is 72.3 Å². The number of benzene rings is 4. The summed E-state index contributed by atoms with van der Waals surface area (Å²) in [6.45, 7) is 13.2. The summed E-state index contributed by atoms with van der Waals surface area (Å²) in [6.07, 6.45) is 6.05. The molecule has 278 valence electrons. The second-order valence-corrected chi connectivity index (χ2v) is 13.7. The molecule has 1 amide bonds. The summed E-state index contributed by atoms with van der Waals surface area (Å²) in [5.74, 6) is 2.78. The fraction of sp³-hybridized carbons (Fsp3) is 0.267. The maximum atomic E-state index is 13.1. The molecule has 4 aromatic carbocycles. The van der Waals surface area contributed by atoms with Crippen LogP contribution in [0.4, 0.5) is 0 Å². The van der Waals surface area contributed by atoms with Crippen LogP contribution in [0.15, 0.2) is 103 Å². The van der Waals surface area contributed by atoms with Crippen molar-refractivity contribution < 1.29 is 19.0 Å². The van der Waals surface area contributed by atoms with E-state index in [1.807, 2.05) is 55.2 Å². The van der Waals surface area contributed by atoms with Crippen molar-refractivity contribution in [3.05, 3.63) is 153 Å². The molecule has 9 heteroatoms. The largest absolute Gasteiger partial charge is 0.493 e. The Labute approximate surface area is 325 Å². The molecule has 1 fully saturated rings. The first-order valence-corrected chi connectivity index (χ1v) is 18.1. The molecule has 1 aliphatic rings. The topological polar surface area (TPSA) is 87.9 Å². The van der Waals surface area contributed by atoms with Crippen LogP contribution in [0.3, 0.4) is 0 Å². The summed E-state index contributed by atoms with van der Waals surface area (Å²) in [5.41, 5.74) is 9.40. The lowest BCUT2D eigenvalue weighted by Gasteiger charge is -2.34. The van der Waals surface area contributed by atoms with Crippen LogP contribution >= 0.6 is 12.4 Å². The Bertz CT molecular complexity index is 2040. The Morgan fingerprint density at radius 2 is 1.43 bits per heavy atom. The Hall–Kier alpha value is -5.62. The van der Waals surface area contributed by atoms with Gasteiger partial charge in [0, 0.05) is 51.3 Å². The van der Waals surface area contributed by atoms with Crippen LogP contribution in [0, 0.1) is 39.0 Å². The Balaban J connectivity index is 0.00000561. The van der Waals surface area contributed by atoms with E-state index in [0.29, 0.717) is 43.5 Å². The number of aromatic nitrogens is 1. The molecule has 0 saturated carbocycles. The Morgan fingerprint density at radius 1 is 0.778 bits per heavy atom. The number of carbonyl (C=O) groups is 1. The summed E-state index contributed by atoms with van der Waals surface area (Å²) in [4.78, 5) is 21.9. The highest BCUT2D eigenvalue weighted by molar-refractivity contribution is 5.92. The Kier molecular flexibility index (Phi) is 13.9. The zero-order chi connectivity index (χ0) is 37.2. The van der Waals surface area contributed by atoms with Gasteiger partial charge in [-0.3, -0.25) is 9.69 Å². The van der Waals surface area contributed by atoms with Gasteiger partial charge in [-0.25, -0.2) is 4.98 Å². The van der Waals surface area contributed by atoms with Crippen molar-refractivity contribution in [2.45, 2.75) is 47.3 Å². The molecule has 0 radical (unpaired) electrons. The molecule has 0 bridgehead atoms. The second-order valence-electron chi connectivity index (χ2n) is 13.7. The van der Waals surface area contributed by atoms with Crippen molar-refractivity contribution in [1.29, 1.82) is 5.26 Å². The summed E-state index contributed by atoms with van der Waals surface area (Å²) in [7, 11) is 0. The van der Waals surface area contributed by atoms with Gasteiger partial charge in [0.2, 0.25) is 11.8 Å². The van der Waals surface area contributed by atoms with Gasteiger partial charge < -0.3 is 19.1 Å². The number of halogens is 1. The van der Waals surface area contributed by atoms with Crippen molar-refractivity contribution in [2.24, 2.45) is 0 Å². The molecular formula is C45H47ClN4O4. The van der Waals surface area contributed by atoms with Crippen LogP contribution < -0.4 is 14.2 Å². The summed E-state index contributed by atoms with van der Waals surface area (Å²) < 4.78 is 18.0. The first kappa shape index (κ1) is 39.6. The van der Waals surface area contributed by atoms with Gasteiger partial charge in [0.15, 0.2) is 0 Å². The highest BCUT2D eigenvalue weighted by atomic mass is 35.5. The quantitative estimate of drug-likeness (QED) is 0.111. The minimum absolute atomic E-state index is 0. The predicted octanol–water partition coefficient (Wildman–Crippen LogP) is 8.96. The first-order valence-electron chi connectivity index (χ1n) is 18.1. The zero-order valence-electron chi connectivity index (χ0n) is 31.4. The molecule has 1 aromatic heterocycles.